The molecule has 0 aliphatic heterocycles. The average Bonchev–Trinajstić information content (AvgIpc) is 2.38. The highest BCUT2D eigenvalue weighted by atomic mass is 35.5. The molecule has 1 heterocycles. The topological polar surface area (TPSA) is 48.1 Å². The number of rotatable bonds is 3. The summed E-state index contributed by atoms with van der Waals surface area (Å²) in [6, 6.07) is 9.47. The van der Waals surface area contributed by atoms with Gasteiger partial charge in [0.15, 0.2) is 0 Å². The van der Waals surface area contributed by atoms with Crippen LogP contribution in [0.15, 0.2) is 36.5 Å². The van der Waals surface area contributed by atoms with Gasteiger partial charge in [0.05, 0.1) is 17.8 Å². The van der Waals surface area contributed by atoms with Gasteiger partial charge in [0.1, 0.15) is 5.75 Å². The number of nitrogens with zero attached hydrogens (tertiary/aromatic N) is 1. The second-order valence-electron chi connectivity index (χ2n) is 3.61. The van der Waals surface area contributed by atoms with E-state index in [1.54, 1.807) is 13.3 Å². The fourth-order valence-corrected chi connectivity index (χ4v) is 1.87. The van der Waals surface area contributed by atoms with Crippen molar-refractivity contribution in [2.45, 2.75) is 6.54 Å². The Bertz CT molecular complexity index is 529. The number of hydrogen-bond acceptors (Lipinski definition) is 3. The van der Waals surface area contributed by atoms with E-state index in [4.69, 9.17) is 22.1 Å². The molecule has 0 amide bonds. The number of halogens is 1. The summed E-state index contributed by atoms with van der Waals surface area (Å²) >= 11 is 6.18. The molecule has 0 aliphatic carbocycles. The third-order valence-electron chi connectivity index (χ3n) is 2.48. The summed E-state index contributed by atoms with van der Waals surface area (Å²) in [7, 11) is 1.63. The highest BCUT2D eigenvalue weighted by molar-refractivity contribution is 6.33. The number of benzene rings is 1. The predicted molar refractivity (Wildman–Crippen MR) is 69.1 cm³/mol. The van der Waals surface area contributed by atoms with Gasteiger partial charge in [-0.25, -0.2) is 0 Å². The van der Waals surface area contributed by atoms with Crippen molar-refractivity contribution in [1.82, 2.24) is 4.98 Å². The highest BCUT2D eigenvalue weighted by Gasteiger charge is 2.06. The molecule has 0 saturated carbocycles. The monoisotopic (exact) mass is 248 g/mol. The SMILES string of the molecule is COc1cccc(-c2ncc(CN)cc2Cl)c1. The molecule has 0 saturated heterocycles. The predicted octanol–water partition coefficient (Wildman–Crippen LogP) is 2.87. The molecule has 0 fully saturated rings. The molecule has 3 nitrogen and oxygen atoms in total. The minimum absolute atomic E-state index is 0.436. The lowest BCUT2D eigenvalue weighted by atomic mass is 10.1. The van der Waals surface area contributed by atoms with Gasteiger partial charge in [0, 0.05) is 18.3 Å². The molecule has 1 aromatic heterocycles. The molecule has 1 aromatic carbocycles. The number of pyridine rings is 1. The van der Waals surface area contributed by atoms with Gasteiger partial charge in [0.25, 0.3) is 0 Å². The van der Waals surface area contributed by atoms with Crippen molar-refractivity contribution in [3.63, 3.8) is 0 Å². The minimum Gasteiger partial charge on any atom is -0.497 e. The first kappa shape index (κ1) is 11.9. The van der Waals surface area contributed by atoms with Crippen LogP contribution in [-0.2, 0) is 6.54 Å². The van der Waals surface area contributed by atoms with E-state index in [9.17, 15) is 0 Å². The van der Waals surface area contributed by atoms with Crippen molar-refractivity contribution in [2.24, 2.45) is 5.73 Å². The van der Waals surface area contributed by atoms with Crippen LogP contribution in [-0.4, -0.2) is 12.1 Å². The van der Waals surface area contributed by atoms with Crippen molar-refractivity contribution in [3.05, 3.63) is 47.1 Å². The van der Waals surface area contributed by atoms with Crippen molar-refractivity contribution >= 4 is 11.6 Å². The highest BCUT2D eigenvalue weighted by Crippen LogP contribution is 2.28. The molecule has 0 spiro atoms. The van der Waals surface area contributed by atoms with E-state index in [1.165, 1.54) is 0 Å². The molecule has 88 valence electrons. The number of methoxy groups -OCH3 is 1. The molecule has 0 atom stereocenters. The molecule has 2 N–H and O–H groups in total. The van der Waals surface area contributed by atoms with Gasteiger partial charge in [-0.15, -0.1) is 0 Å². The maximum absolute atomic E-state index is 6.18. The number of aromatic nitrogens is 1. The van der Waals surface area contributed by atoms with Gasteiger partial charge in [-0.3, -0.25) is 4.98 Å². The van der Waals surface area contributed by atoms with Crippen molar-refractivity contribution in [1.29, 1.82) is 0 Å². The molecule has 4 heteroatoms. The summed E-state index contributed by atoms with van der Waals surface area (Å²) < 4.78 is 5.17. The van der Waals surface area contributed by atoms with Crippen molar-refractivity contribution in [3.8, 4) is 17.0 Å². The second-order valence-corrected chi connectivity index (χ2v) is 4.02. The Morgan fingerprint density at radius 2 is 2.18 bits per heavy atom. The Kier molecular flexibility index (Phi) is 3.61. The summed E-state index contributed by atoms with van der Waals surface area (Å²) in [6.45, 7) is 0.436. The first-order valence-electron chi connectivity index (χ1n) is 5.23. The van der Waals surface area contributed by atoms with E-state index in [-0.39, 0.29) is 0 Å². The van der Waals surface area contributed by atoms with Gasteiger partial charge in [-0.05, 0) is 23.8 Å². The van der Waals surface area contributed by atoms with Gasteiger partial charge < -0.3 is 10.5 Å². The summed E-state index contributed by atoms with van der Waals surface area (Å²) in [6.07, 6.45) is 1.74. The first-order valence-corrected chi connectivity index (χ1v) is 5.61. The zero-order chi connectivity index (χ0) is 12.3. The Morgan fingerprint density at radius 3 is 2.82 bits per heavy atom. The Morgan fingerprint density at radius 1 is 1.35 bits per heavy atom. The molecule has 0 aliphatic rings. The maximum atomic E-state index is 6.18. The van der Waals surface area contributed by atoms with E-state index in [2.05, 4.69) is 4.98 Å². The van der Waals surface area contributed by atoms with Crippen LogP contribution in [0.5, 0.6) is 5.75 Å². The smallest absolute Gasteiger partial charge is 0.119 e. The number of ether oxygens (including phenoxy) is 1. The van der Waals surface area contributed by atoms with E-state index in [1.807, 2.05) is 30.3 Å². The quantitative estimate of drug-likeness (QED) is 0.909. The third-order valence-corrected chi connectivity index (χ3v) is 2.76. The van der Waals surface area contributed by atoms with E-state index in [0.717, 1.165) is 22.6 Å². The van der Waals surface area contributed by atoms with Crippen LogP contribution in [0.3, 0.4) is 0 Å². The van der Waals surface area contributed by atoms with Gasteiger partial charge in [-0.2, -0.15) is 0 Å². The van der Waals surface area contributed by atoms with Crippen LogP contribution in [0.2, 0.25) is 5.02 Å². The van der Waals surface area contributed by atoms with Crippen LogP contribution in [0.1, 0.15) is 5.56 Å². The Hall–Kier alpha value is -1.58. The summed E-state index contributed by atoms with van der Waals surface area (Å²) in [5.74, 6) is 0.781. The molecular formula is C13H13ClN2O. The standard InChI is InChI=1S/C13H13ClN2O/c1-17-11-4-2-3-10(6-11)13-12(14)5-9(7-15)8-16-13/h2-6,8H,7,15H2,1H3. The second kappa shape index (κ2) is 5.17. The molecule has 17 heavy (non-hydrogen) atoms. The summed E-state index contributed by atoms with van der Waals surface area (Å²) in [5, 5.41) is 0.598. The molecule has 2 rings (SSSR count). The van der Waals surface area contributed by atoms with Gasteiger partial charge in [-0.1, -0.05) is 23.7 Å². The molecule has 2 aromatic rings. The van der Waals surface area contributed by atoms with Crippen LogP contribution in [0.4, 0.5) is 0 Å². The Balaban J connectivity index is 2.45. The Labute approximate surface area is 105 Å². The molecule has 0 bridgehead atoms. The summed E-state index contributed by atoms with van der Waals surface area (Å²) in [4.78, 5) is 4.33. The van der Waals surface area contributed by atoms with Crippen LogP contribution >= 0.6 is 11.6 Å². The lowest BCUT2D eigenvalue weighted by Gasteiger charge is -2.07. The molecule has 0 unspecified atom stereocenters. The largest absolute Gasteiger partial charge is 0.497 e. The lowest BCUT2D eigenvalue weighted by molar-refractivity contribution is 0.415. The fraction of sp³-hybridized carbons (Fsp3) is 0.154. The lowest BCUT2D eigenvalue weighted by Crippen LogP contribution is -1.98. The minimum atomic E-state index is 0.436. The average molecular weight is 249 g/mol. The summed E-state index contributed by atoms with van der Waals surface area (Å²) in [5.41, 5.74) is 8.12. The van der Waals surface area contributed by atoms with Crippen molar-refractivity contribution < 1.29 is 4.74 Å². The number of hydrogen-bond donors (Lipinski definition) is 1. The van der Waals surface area contributed by atoms with Crippen LogP contribution in [0, 0.1) is 0 Å². The molecular weight excluding hydrogens is 236 g/mol. The zero-order valence-corrected chi connectivity index (χ0v) is 10.2. The van der Waals surface area contributed by atoms with Crippen LogP contribution in [0.25, 0.3) is 11.3 Å². The first-order chi connectivity index (χ1) is 8.24. The van der Waals surface area contributed by atoms with E-state index in [0.29, 0.717) is 11.6 Å². The van der Waals surface area contributed by atoms with Crippen LogP contribution < -0.4 is 10.5 Å². The fourth-order valence-electron chi connectivity index (χ4n) is 1.57. The van der Waals surface area contributed by atoms with E-state index >= 15 is 0 Å². The maximum Gasteiger partial charge on any atom is 0.119 e. The van der Waals surface area contributed by atoms with Gasteiger partial charge in [0.2, 0.25) is 0 Å². The number of nitrogens with two attached hydrogens (primary N) is 1. The van der Waals surface area contributed by atoms with Gasteiger partial charge >= 0.3 is 0 Å². The van der Waals surface area contributed by atoms with Crippen molar-refractivity contribution in [2.75, 3.05) is 7.11 Å². The third kappa shape index (κ3) is 2.57. The normalized spacial score (nSPS) is 10.3. The molecule has 0 radical (unpaired) electrons. The zero-order valence-electron chi connectivity index (χ0n) is 9.48. The van der Waals surface area contributed by atoms with E-state index < -0.39 is 0 Å².